The SMILES string of the molecule is COc1cc(OC)c(F)c(COc2cccnc2Cl)c1F. The highest BCUT2D eigenvalue weighted by Crippen LogP contribution is 2.32. The van der Waals surface area contributed by atoms with E-state index in [0.29, 0.717) is 0 Å². The minimum Gasteiger partial charge on any atom is -0.494 e. The van der Waals surface area contributed by atoms with Crippen molar-refractivity contribution in [2.45, 2.75) is 6.61 Å². The molecule has 0 aliphatic rings. The van der Waals surface area contributed by atoms with Gasteiger partial charge in [0.05, 0.1) is 19.8 Å². The molecule has 0 atom stereocenters. The molecule has 0 aliphatic heterocycles. The predicted molar refractivity (Wildman–Crippen MR) is 73.0 cm³/mol. The fraction of sp³-hybridized carbons (Fsp3) is 0.214. The van der Waals surface area contributed by atoms with E-state index < -0.39 is 11.6 Å². The molecule has 0 unspecified atom stereocenters. The van der Waals surface area contributed by atoms with Crippen molar-refractivity contribution in [1.29, 1.82) is 0 Å². The second-order valence-corrected chi connectivity index (χ2v) is 4.33. The summed E-state index contributed by atoms with van der Waals surface area (Å²) in [5.74, 6) is -1.75. The van der Waals surface area contributed by atoms with E-state index in [-0.39, 0.29) is 34.6 Å². The van der Waals surface area contributed by atoms with Gasteiger partial charge in [-0.1, -0.05) is 11.6 Å². The number of aromatic nitrogens is 1. The maximum absolute atomic E-state index is 14.1. The second kappa shape index (κ2) is 6.58. The molecule has 1 aromatic carbocycles. The van der Waals surface area contributed by atoms with Gasteiger partial charge in [-0.2, -0.15) is 0 Å². The van der Waals surface area contributed by atoms with Crippen LogP contribution in [0.2, 0.25) is 5.15 Å². The lowest BCUT2D eigenvalue weighted by Crippen LogP contribution is -2.06. The molecule has 112 valence electrons. The molecule has 0 aliphatic carbocycles. The van der Waals surface area contributed by atoms with Crippen molar-refractivity contribution in [2.75, 3.05) is 14.2 Å². The Kier molecular flexibility index (Phi) is 4.80. The monoisotopic (exact) mass is 315 g/mol. The van der Waals surface area contributed by atoms with Crippen LogP contribution in [0, 0.1) is 11.6 Å². The third-order valence-corrected chi connectivity index (χ3v) is 3.05. The highest BCUT2D eigenvalue weighted by Gasteiger charge is 2.20. The van der Waals surface area contributed by atoms with Crippen LogP contribution in [0.3, 0.4) is 0 Å². The quantitative estimate of drug-likeness (QED) is 0.790. The molecule has 0 bridgehead atoms. The number of nitrogens with zero attached hydrogens (tertiary/aromatic N) is 1. The van der Waals surface area contributed by atoms with E-state index >= 15 is 0 Å². The minimum absolute atomic E-state index is 0.105. The van der Waals surface area contributed by atoms with Gasteiger partial charge in [-0.05, 0) is 12.1 Å². The summed E-state index contributed by atoms with van der Waals surface area (Å²) in [6.45, 7) is -0.378. The average molecular weight is 316 g/mol. The minimum atomic E-state index is -0.851. The molecule has 0 saturated carbocycles. The number of methoxy groups -OCH3 is 2. The van der Waals surface area contributed by atoms with Crippen molar-refractivity contribution in [3.63, 3.8) is 0 Å². The molecule has 1 aromatic heterocycles. The lowest BCUT2D eigenvalue weighted by Gasteiger charge is -2.13. The van der Waals surface area contributed by atoms with E-state index in [1.165, 1.54) is 20.4 Å². The van der Waals surface area contributed by atoms with Crippen molar-refractivity contribution < 1.29 is 23.0 Å². The van der Waals surface area contributed by atoms with Crippen LogP contribution in [0.4, 0.5) is 8.78 Å². The maximum Gasteiger partial charge on any atom is 0.174 e. The largest absolute Gasteiger partial charge is 0.494 e. The van der Waals surface area contributed by atoms with Gasteiger partial charge in [0.15, 0.2) is 34.0 Å². The molecular formula is C14H12ClF2NO3. The summed E-state index contributed by atoms with van der Waals surface area (Å²) >= 11 is 5.81. The lowest BCUT2D eigenvalue weighted by atomic mass is 10.1. The van der Waals surface area contributed by atoms with Gasteiger partial charge < -0.3 is 14.2 Å². The van der Waals surface area contributed by atoms with E-state index in [4.69, 9.17) is 25.8 Å². The molecule has 0 saturated heterocycles. The van der Waals surface area contributed by atoms with E-state index in [1.54, 1.807) is 12.1 Å². The standard InChI is InChI=1S/C14H12ClF2NO3/c1-19-10-6-11(20-2)13(17)8(12(10)16)7-21-9-4-3-5-18-14(9)15/h3-6H,7H2,1-2H3. The van der Waals surface area contributed by atoms with Crippen molar-refractivity contribution in [1.82, 2.24) is 4.98 Å². The fourth-order valence-corrected chi connectivity index (χ4v) is 1.87. The van der Waals surface area contributed by atoms with Crippen LogP contribution in [-0.4, -0.2) is 19.2 Å². The van der Waals surface area contributed by atoms with Gasteiger partial charge in [0.2, 0.25) is 0 Å². The molecule has 0 fully saturated rings. The summed E-state index contributed by atoms with van der Waals surface area (Å²) < 4.78 is 43.2. The molecule has 0 radical (unpaired) electrons. The van der Waals surface area contributed by atoms with Gasteiger partial charge in [-0.15, -0.1) is 0 Å². The van der Waals surface area contributed by atoms with Crippen molar-refractivity contribution in [3.05, 3.63) is 46.7 Å². The average Bonchev–Trinajstić information content (AvgIpc) is 2.49. The number of hydrogen-bond acceptors (Lipinski definition) is 4. The van der Waals surface area contributed by atoms with Gasteiger partial charge in [-0.25, -0.2) is 13.8 Å². The molecule has 2 aromatic rings. The first-order valence-electron chi connectivity index (χ1n) is 5.90. The third-order valence-electron chi connectivity index (χ3n) is 2.76. The van der Waals surface area contributed by atoms with E-state index in [1.807, 2.05) is 0 Å². The van der Waals surface area contributed by atoms with E-state index in [9.17, 15) is 8.78 Å². The van der Waals surface area contributed by atoms with Crippen molar-refractivity contribution in [2.24, 2.45) is 0 Å². The number of halogens is 3. The van der Waals surface area contributed by atoms with Crippen molar-refractivity contribution >= 4 is 11.6 Å². The molecule has 0 spiro atoms. The summed E-state index contributed by atoms with van der Waals surface area (Å²) in [4.78, 5) is 3.81. The molecule has 4 nitrogen and oxygen atoms in total. The van der Waals surface area contributed by atoms with Gasteiger partial charge >= 0.3 is 0 Å². The molecular weight excluding hydrogens is 304 g/mol. The topological polar surface area (TPSA) is 40.6 Å². The Morgan fingerprint density at radius 2 is 1.71 bits per heavy atom. The Labute approximate surface area is 125 Å². The zero-order chi connectivity index (χ0) is 15.4. The Bertz CT molecular complexity index is 624. The normalized spacial score (nSPS) is 10.3. The van der Waals surface area contributed by atoms with Crippen LogP contribution in [-0.2, 0) is 6.61 Å². The van der Waals surface area contributed by atoms with Crippen LogP contribution in [0.15, 0.2) is 24.4 Å². The Hall–Kier alpha value is -2.08. The second-order valence-electron chi connectivity index (χ2n) is 3.97. The first kappa shape index (κ1) is 15.3. The summed E-state index contributed by atoms with van der Waals surface area (Å²) in [6.07, 6.45) is 1.48. The first-order valence-corrected chi connectivity index (χ1v) is 6.28. The highest BCUT2D eigenvalue weighted by molar-refractivity contribution is 6.30. The highest BCUT2D eigenvalue weighted by atomic mass is 35.5. The lowest BCUT2D eigenvalue weighted by molar-refractivity contribution is 0.281. The van der Waals surface area contributed by atoms with E-state index in [0.717, 1.165) is 6.07 Å². The van der Waals surface area contributed by atoms with Gasteiger partial charge in [-0.3, -0.25) is 0 Å². The van der Waals surface area contributed by atoms with Crippen LogP contribution in [0.5, 0.6) is 17.2 Å². The number of ether oxygens (including phenoxy) is 3. The Morgan fingerprint density at radius 1 is 1.10 bits per heavy atom. The summed E-state index contributed by atoms with van der Waals surface area (Å²) in [6, 6.07) is 4.27. The number of benzene rings is 1. The van der Waals surface area contributed by atoms with Gasteiger partial charge in [0, 0.05) is 12.3 Å². The third kappa shape index (κ3) is 3.16. The van der Waals surface area contributed by atoms with Crippen LogP contribution < -0.4 is 14.2 Å². The van der Waals surface area contributed by atoms with Crippen molar-refractivity contribution in [3.8, 4) is 17.2 Å². The summed E-state index contributed by atoms with van der Waals surface area (Å²) in [5, 5.41) is 0.105. The molecule has 2 rings (SSSR count). The van der Waals surface area contributed by atoms with Crippen LogP contribution >= 0.6 is 11.6 Å². The number of hydrogen-bond donors (Lipinski definition) is 0. The van der Waals surface area contributed by atoms with Gasteiger partial charge in [0.1, 0.15) is 6.61 Å². The van der Waals surface area contributed by atoms with Crippen LogP contribution in [0.25, 0.3) is 0 Å². The zero-order valence-electron chi connectivity index (χ0n) is 11.3. The molecule has 0 N–H and O–H groups in total. The molecule has 1 heterocycles. The number of rotatable bonds is 5. The number of pyridine rings is 1. The molecule has 7 heteroatoms. The maximum atomic E-state index is 14.1. The summed E-state index contributed by atoms with van der Waals surface area (Å²) in [5.41, 5.74) is -0.314. The van der Waals surface area contributed by atoms with E-state index in [2.05, 4.69) is 4.98 Å². The molecule has 21 heavy (non-hydrogen) atoms. The Balaban J connectivity index is 2.33. The Morgan fingerprint density at radius 3 is 2.24 bits per heavy atom. The zero-order valence-corrected chi connectivity index (χ0v) is 12.1. The predicted octanol–water partition coefficient (Wildman–Crippen LogP) is 3.61. The summed E-state index contributed by atoms with van der Waals surface area (Å²) in [7, 11) is 2.55. The fourth-order valence-electron chi connectivity index (χ4n) is 1.69. The smallest absolute Gasteiger partial charge is 0.174 e. The van der Waals surface area contributed by atoms with Crippen LogP contribution in [0.1, 0.15) is 5.56 Å². The first-order chi connectivity index (χ1) is 10.1. The van der Waals surface area contributed by atoms with Gasteiger partial charge in [0.25, 0.3) is 0 Å². The molecule has 0 amide bonds.